The number of nitrogens with two attached hydrogens (primary N) is 1. The van der Waals surface area contributed by atoms with Crippen LogP contribution in [0.3, 0.4) is 0 Å². The molecule has 1 rings (SSSR count). The van der Waals surface area contributed by atoms with E-state index in [2.05, 4.69) is 17.3 Å². The van der Waals surface area contributed by atoms with Gasteiger partial charge >= 0.3 is 0 Å². The molecule has 1 fully saturated rings. The first-order valence-electron chi connectivity index (χ1n) is 7.34. The normalized spacial score (nSPS) is 19.1. The van der Waals surface area contributed by atoms with Gasteiger partial charge in [-0.25, -0.2) is 0 Å². The maximum atomic E-state index is 11.2. The van der Waals surface area contributed by atoms with Gasteiger partial charge in [0.1, 0.15) is 0 Å². The van der Waals surface area contributed by atoms with E-state index in [1.165, 1.54) is 32.1 Å². The van der Waals surface area contributed by atoms with Gasteiger partial charge in [-0.3, -0.25) is 4.79 Å². The number of carbonyl (C=O) groups excluding carboxylic acids is 1. The fourth-order valence-corrected chi connectivity index (χ4v) is 2.84. The third-order valence-electron chi connectivity index (χ3n) is 3.89. The highest BCUT2D eigenvalue weighted by Crippen LogP contribution is 2.24. The van der Waals surface area contributed by atoms with Gasteiger partial charge in [-0.15, -0.1) is 0 Å². The average Bonchev–Trinajstić information content (AvgIpc) is 2.35. The van der Waals surface area contributed by atoms with Crippen LogP contribution in [0.15, 0.2) is 0 Å². The van der Waals surface area contributed by atoms with Crippen molar-refractivity contribution in [2.45, 2.75) is 51.5 Å². The van der Waals surface area contributed by atoms with E-state index in [4.69, 9.17) is 5.73 Å². The molecule has 0 radical (unpaired) electrons. The van der Waals surface area contributed by atoms with Crippen molar-refractivity contribution in [3.8, 4) is 0 Å². The Morgan fingerprint density at radius 2 is 2.06 bits per heavy atom. The van der Waals surface area contributed by atoms with Crippen molar-refractivity contribution < 1.29 is 4.79 Å². The molecule has 0 heterocycles. The number of hydrogen-bond acceptors (Lipinski definition) is 3. The first kappa shape index (κ1) is 15.4. The van der Waals surface area contributed by atoms with Gasteiger partial charge in [-0.05, 0) is 45.3 Å². The lowest BCUT2D eigenvalue weighted by Crippen LogP contribution is -2.43. The Morgan fingerprint density at radius 1 is 1.39 bits per heavy atom. The predicted octanol–water partition coefficient (Wildman–Crippen LogP) is 1.35. The van der Waals surface area contributed by atoms with Gasteiger partial charge in [0, 0.05) is 6.54 Å². The summed E-state index contributed by atoms with van der Waals surface area (Å²) in [5.41, 5.74) is 5.37. The van der Waals surface area contributed by atoms with Crippen molar-refractivity contribution in [2.75, 3.05) is 26.7 Å². The van der Waals surface area contributed by atoms with Crippen LogP contribution in [0.1, 0.15) is 45.4 Å². The largest absolute Gasteiger partial charge is 0.368 e. The molecule has 1 atom stereocenters. The molecule has 1 aliphatic rings. The summed E-state index contributed by atoms with van der Waals surface area (Å²) in [6, 6.07) is -0.177. The Hall–Kier alpha value is -0.610. The molecule has 1 aliphatic carbocycles. The number of rotatable bonds is 8. The van der Waals surface area contributed by atoms with E-state index < -0.39 is 0 Å². The molecule has 3 N–H and O–H groups in total. The predicted molar refractivity (Wildman–Crippen MR) is 75.3 cm³/mol. The molecule has 0 spiro atoms. The Kier molecular flexibility index (Phi) is 7.28. The van der Waals surface area contributed by atoms with Crippen LogP contribution in [0.25, 0.3) is 0 Å². The molecule has 0 aromatic carbocycles. The maximum Gasteiger partial charge on any atom is 0.234 e. The van der Waals surface area contributed by atoms with Gasteiger partial charge in [0.15, 0.2) is 0 Å². The first-order chi connectivity index (χ1) is 8.63. The number of hydrogen-bond donors (Lipinski definition) is 2. The fraction of sp³-hybridized carbons (Fsp3) is 0.929. The summed E-state index contributed by atoms with van der Waals surface area (Å²) in [7, 11) is 2.15. The second kappa shape index (κ2) is 8.48. The zero-order valence-electron chi connectivity index (χ0n) is 12.0. The van der Waals surface area contributed by atoms with Crippen molar-refractivity contribution in [3.63, 3.8) is 0 Å². The zero-order valence-corrected chi connectivity index (χ0v) is 12.0. The van der Waals surface area contributed by atoms with Gasteiger partial charge in [0.2, 0.25) is 5.91 Å². The van der Waals surface area contributed by atoms with E-state index in [-0.39, 0.29) is 11.9 Å². The standard InChI is InChI=1S/C14H29N3O/c1-3-16-13(14(15)18)9-10-17(2)11-12-7-5-4-6-8-12/h12-13,16H,3-11H2,1-2H3,(H2,15,18). The minimum absolute atomic E-state index is 0.177. The van der Waals surface area contributed by atoms with E-state index in [1.807, 2.05) is 6.92 Å². The summed E-state index contributed by atoms with van der Waals surface area (Å²) in [6.45, 7) is 4.90. The summed E-state index contributed by atoms with van der Waals surface area (Å²) in [6.07, 6.45) is 7.74. The quantitative estimate of drug-likeness (QED) is 0.688. The molecule has 4 nitrogen and oxygen atoms in total. The molecule has 1 amide bonds. The number of likely N-dealkylation sites (N-methyl/N-ethyl adjacent to an activating group) is 1. The highest BCUT2D eigenvalue weighted by Gasteiger charge is 2.17. The molecular weight excluding hydrogens is 226 g/mol. The van der Waals surface area contributed by atoms with Gasteiger partial charge in [0.05, 0.1) is 6.04 Å². The SMILES string of the molecule is CCNC(CCN(C)CC1CCCCC1)C(N)=O. The van der Waals surface area contributed by atoms with E-state index in [1.54, 1.807) is 0 Å². The number of carbonyl (C=O) groups is 1. The van der Waals surface area contributed by atoms with Crippen LogP contribution in [-0.4, -0.2) is 43.5 Å². The summed E-state index contributed by atoms with van der Waals surface area (Å²) >= 11 is 0. The highest BCUT2D eigenvalue weighted by atomic mass is 16.1. The van der Waals surface area contributed by atoms with Crippen molar-refractivity contribution in [3.05, 3.63) is 0 Å². The van der Waals surface area contributed by atoms with Crippen molar-refractivity contribution in [1.29, 1.82) is 0 Å². The summed E-state index contributed by atoms with van der Waals surface area (Å²) < 4.78 is 0. The molecule has 0 aromatic rings. The molecule has 1 unspecified atom stereocenters. The van der Waals surface area contributed by atoms with Gasteiger partial charge < -0.3 is 16.0 Å². The van der Waals surface area contributed by atoms with Gasteiger partial charge in [-0.2, -0.15) is 0 Å². The summed E-state index contributed by atoms with van der Waals surface area (Å²) in [5, 5.41) is 3.14. The third kappa shape index (κ3) is 5.83. The number of nitrogens with one attached hydrogen (secondary N) is 1. The lowest BCUT2D eigenvalue weighted by molar-refractivity contribution is -0.120. The minimum atomic E-state index is -0.233. The Morgan fingerprint density at radius 3 is 2.61 bits per heavy atom. The monoisotopic (exact) mass is 255 g/mol. The number of nitrogens with zero attached hydrogens (tertiary/aromatic N) is 1. The highest BCUT2D eigenvalue weighted by molar-refractivity contribution is 5.79. The molecular formula is C14H29N3O. The van der Waals surface area contributed by atoms with E-state index in [0.29, 0.717) is 0 Å². The Balaban J connectivity index is 2.21. The number of primary amides is 1. The molecule has 4 heteroatoms. The molecule has 1 saturated carbocycles. The van der Waals surface area contributed by atoms with Gasteiger partial charge in [-0.1, -0.05) is 26.2 Å². The second-order valence-corrected chi connectivity index (χ2v) is 5.57. The fourth-order valence-electron chi connectivity index (χ4n) is 2.84. The van der Waals surface area contributed by atoms with Crippen LogP contribution in [0.2, 0.25) is 0 Å². The maximum absolute atomic E-state index is 11.2. The second-order valence-electron chi connectivity index (χ2n) is 5.57. The third-order valence-corrected chi connectivity index (χ3v) is 3.89. The van der Waals surface area contributed by atoms with E-state index >= 15 is 0 Å². The van der Waals surface area contributed by atoms with Crippen molar-refractivity contribution in [2.24, 2.45) is 11.7 Å². The topological polar surface area (TPSA) is 58.4 Å². The van der Waals surface area contributed by atoms with Crippen molar-refractivity contribution in [1.82, 2.24) is 10.2 Å². The smallest absolute Gasteiger partial charge is 0.234 e. The zero-order chi connectivity index (χ0) is 13.4. The first-order valence-corrected chi connectivity index (χ1v) is 7.34. The Labute approximate surface area is 111 Å². The summed E-state index contributed by atoms with van der Waals surface area (Å²) in [5.74, 6) is 0.623. The van der Waals surface area contributed by atoms with Crippen LogP contribution < -0.4 is 11.1 Å². The van der Waals surface area contributed by atoms with Crippen LogP contribution in [0.4, 0.5) is 0 Å². The lowest BCUT2D eigenvalue weighted by Gasteiger charge is -2.27. The number of amides is 1. The minimum Gasteiger partial charge on any atom is -0.368 e. The molecule has 18 heavy (non-hydrogen) atoms. The van der Waals surface area contributed by atoms with Crippen LogP contribution >= 0.6 is 0 Å². The lowest BCUT2D eigenvalue weighted by atomic mass is 9.89. The van der Waals surface area contributed by atoms with Crippen molar-refractivity contribution >= 4 is 5.91 Å². The van der Waals surface area contributed by atoms with Crippen LogP contribution in [-0.2, 0) is 4.79 Å². The molecule has 0 aliphatic heterocycles. The van der Waals surface area contributed by atoms with E-state index in [0.717, 1.165) is 32.0 Å². The molecule has 0 aromatic heterocycles. The molecule has 106 valence electrons. The van der Waals surface area contributed by atoms with Gasteiger partial charge in [0.25, 0.3) is 0 Å². The summed E-state index contributed by atoms with van der Waals surface area (Å²) in [4.78, 5) is 13.6. The van der Waals surface area contributed by atoms with Crippen LogP contribution in [0.5, 0.6) is 0 Å². The Bertz CT molecular complexity index is 239. The molecule has 0 bridgehead atoms. The average molecular weight is 255 g/mol. The van der Waals surface area contributed by atoms with Crippen LogP contribution in [0, 0.1) is 5.92 Å². The van der Waals surface area contributed by atoms with E-state index in [9.17, 15) is 4.79 Å². The molecule has 0 saturated heterocycles.